The zero-order valence-electron chi connectivity index (χ0n) is 10.9. The zero-order valence-corrected chi connectivity index (χ0v) is 12.5. The van der Waals surface area contributed by atoms with Crippen molar-refractivity contribution in [1.29, 1.82) is 0 Å². The number of likely N-dealkylation sites (tertiary alicyclic amines) is 1. The highest BCUT2D eigenvalue weighted by Crippen LogP contribution is 2.18. The maximum atomic E-state index is 11.9. The van der Waals surface area contributed by atoms with Gasteiger partial charge in [-0.25, -0.2) is 8.42 Å². The highest BCUT2D eigenvalue weighted by Gasteiger charge is 2.37. The molecular formula is C11H20ClN3O3S. The number of hydrogen-bond donors (Lipinski definition) is 2. The number of nitrogens with two attached hydrogens (primary N) is 1. The van der Waals surface area contributed by atoms with Crippen LogP contribution in [0.5, 0.6) is 0 Å². The van der Waals surface area contributed by atoms with E-state index < -0.39 is 21.3 Å². The van der Waals surface area contributed by atoms with Crippen LogP contribution in [0.4, 0.5) is 0 Å². The fourth-order valence-corrected chi connectivity index (χ4v) is 5.17. The minimum atomic E-state index is -3.12. The van der Waals surface area contributed by atoms with Crippen molar-refractivity contribution in [2.75, 3.05) is 31.1 Å². The maximum Gasteiger partial charge on any atom is 0.234 e. The number of carbonyl (C=O) groups excluding carboxylic acids is 1. The van der Waals surface area contributed by atoms with Gasteiger partial charge in [0.2, 0.25) is 5.91 Å². The van der Waals surface area contributed by atoms with E-state index in [2.05, 4.69) is 12.2 Å². The summed E-state index contributed by atoms with van der Waals surface area (Å²) in [5, 5.41) is 2.17. The van der Waals surface area contributed by atoms with Gasteiger partial charge in [-0.2, -0.15) is 0 Å². The Morgan fingerprint density at radius 2 is 2.11 bits per heavy atom. The Labute approximate surface area is 118 Å². The van der Waals surface area contributed by atoms with Crippen LogP contribution in [0.25, 0.3) is 0 Å². The smallest absolute Gasteiger partial charge is 0.234 e. The predicted molar refractivity (Wildman–Crippen MR) is 73.8 cm³/mol. The molecule has 110 valence electrons. The Bertz CT molecular complexity index is 446. The van der Waals surface area contributed by atoms with Crippen LogP contribution in [0.2, 0.25) is 0 Å². The van der Waals surface area contributed by atoms with Gasteiger partial charge in [-0.15, -0.1) is 11.6 Å². The van der Waals surface area contributed by atoms with E-state index in [4.69, 9.17) is 17.3 Å². The summed E-state index contributed by atoms with van der Waals surface area (Å²) in [4.78, 5) is 13.9. The Morgan fingerprint density at radius 1 is 1.42 bits per heavy atom. The predicted octanol–water partition coefficient (Wildman–Crippen LogP) is -1.21. The molecule has 19 heavy (non-hydrogen) atoms. The Morgan fingerprint density at radius 3 is 2.58 bits per heavy atom. The molecular weight excluding hydrogens is 290 g/mol. The number of nitrogens with zero attached hydrogens (tertiary/aromatic N) is 1. The van der Waals surface area contributed by atoms with Crippen molar-refractivity contribution < 1.29 is 13.2 Å². The van der Waals surface area contributed by atoms with Crippen molar-refractivity contribution >= 4 is 27.3 Å². The molecule has 4 atom stereocenters. The summed E-state index contributed by atoms with van der Waals surface area (Å²) in [7, 11) is -3.12. The summed E-state index contributed by atoms with van der Waals surface area (Å²) in [5.74, 6) is 0.0583. The van der Waals surface area contributed by atoms with Gasteiger partial charge in [-0.1, -0.05) is 6.92 Å². The Kier molecular flexibility index (Phi) is 4.39. The van der Waals surface area contributed by atoms with Crippen molar-refractivity contribution in [2.45, 2.75) is 24.4 Å². The van der Waals surface area contributed by atoms with Gasteiger partial charge in [-0.05, 0) is 5.92 Å². The molecule has 2 saturated heterocycles. The Hall–Kier alpha value is -0.370. The quantitative estimate of drug-likeness (QED) is 0.638. The minimum absolute atomic E-state index is 0.0644. The van der Waals surface area contributed by atoms with Gasteiger partial charge in [0.25, 0.3) is 0 Å². The lowest BCUT2D eigenvalue weighted by Crippen LogP contribution is -2.45. The van der Waals surface area contributed by atoms with Gasteiger partial charge in [0.1, 0.15) is 0 Å². The third-order valence-electron chi connectivity index (χ3n) is 3.74. The number of sulfone groups is 1. The zero-order chi connectivity index (χ0) is 14.2. The molecule has 0 spiro atoms. The molecule has 8 heteroatoms. The maximum absolute atomic E-state index is 11.9. The molecule has 0 aromatic rings. The van der Waals surface area contributed by atoms with Crippen LogP contribution in [0.15, 0.2) is 0 Å². The largest absolute Gasteiger partial charge is 0.350 e. The molecule has 1 amide bonds. The van der Waals surface area contributed by atoms with E-state index in [0.717, 1.165) is 6.54 Å². The first kappa shape index (κ1) is 15.0. The Balaban J connectivity index is 1.82. The highest BCUT2D eigenvalue weighted by molar-refractivity contribution is 7.91. The lowest BCUT2D eigenvalue weighted by molar-refractivity contribution is -0.122. The second-order valence-electron chi connectivity index (χ2n) is 5.60. The van der Waals surface area contributed by atoms with Crippen LogP contribution in [-0.2, 0) is 14.6 Å². The van der Waals surface area contributed by atoms with Crippen LogP contribution in [0.3, 0.4) is 0 Å². The second kappa shape index (κ2) is 5.55. The number of amides is 1. The topological polar surface area (TPSA) is 92.5 Å². The van der Waals surface area contributed by atoms with E-state index in [9.17, 15) is 13.2 Å². The minimum Gasteiger partial charge on any atom is -0.350 e. The molecule has 0 bridgehead atoms. The standard InChI is InChI=1S/C11H20ClN3O3S/c1-7-2-15(3-9(7)13)4-11(16)14-10-6-19(17,18)5-8(10)12/h7-10H,2-6,13H2,1H3,(H,14,16). The first-order chi connectivity index (χ1) is 8.77. The van der Waals surface area contributed by atoms with Gasteiger partial charge in [0.15, 0.2) is 9.84 Å². The van der Waals surface area contributed by atoms with E-state index >= 15 is 0 Å². The molecule has 0 aromatic heterocycles. The lowest BCUT2D eigenvalue weighted by Gasteiger charge is -2.18. The van der Waals surface area contributed by atoms with E-state index in [0.29, 0.717) is 12.5 Å². The fraction of sp³-hybridized carbons (Fsp3) is 0.909. The number of hydrogen-bond acceptors (Lipinski definition) is 5. The number of nitrogens with one attached hydrogen (secondary N) is 1. The summed E-state index contributed by atoms with van der Waals surface area (Å²) in [6.07, 6.45) is 0. The number of halogens is 1. The summed E-state index contributed by atoms with van der Waals surface area (Å²) in [5.41, 5.74) is 5.89. The van der Waals surface area contributed by atoms with Crippen molar-refractivity contribution in [3.05, 3.63) is 0 Å². The molecule has 2 rings (SSSR count). The van der Waals surface area contributed by atoms with Crippen molar-refractivity contribution in [3.8, 4) is 0 Å². The van der Waals surface area contributed by atoms with Crippen LogP contribution < -0.4 is 11.1 Å². The van der Waals surface area contributed by atoms with Gasteiger partial charge < -0.3 is 11.1 Å². The molecule has 0 aromatic carbocycles. The van der Waals surface area contributed by atoms with E-state index in [-0.39, 0.29) is 30.0 Å². The van der Waals surface area contributed by atoms with E-state index in [1.807, 2.05) is 4.90 Å². The van der Waals surface area contributed by atoms with Gasteiger partial charge >= 0.3 is 0 Å². The number of rotatable bonds is 3. The monoisotopic (exact) mass is 309 g/mol. The van der Waals surface area contributed by atoms with Gasteiger partial charge in [-0.3, -0.25) is 9.69 Å². The van der Waals surface area contributed by atoms with Gasteiger partial charge in [0, 0.05) is 19.1 Å². The number of carbonyl (C=O) groups is 1. The second-order valence-corrected chi connectivity index (χ2v) is 8.32. The summed E-state index contributed by atoms with van der Waals surface area (Å²) in [6, 6.07) is -0.381. The van der Waals surface area contributed by atoms with Crippen molar-refractivity contribution in [1.82, 2.24) is 10.2 Å². The molecule has 0 radical (unpaired) electrons. The molecule has 2 heterocycles. The van der Waals surface area contributed by atoms with Crippen LogP contribution in [0, 0.1) is 5.92 Å². The molecule has 2 fully saturated rings. The fourth-order valence-electron chi connectivity index (χ4n) is 2.62. The normalized spacial score (nSPS) is 38.5. The molecule has 0 saturated carbocycles. The van der Waals surface area contributed by atoms with Gasteiger partial charge in [0.05, 0.1) is 29.5 Å². The third kappa shape index (κ3) is 3.81. The van der Waals surface area contributed by atoms with Crippen LogP contribution in [0.1, 0.15) is 6.92 Å². The third-order valence-corrected chi connectivity index (χ3v) is 6.12. The van der Waals surface area contributed by atoms with Crippen LogP contribution in [-0.4, -0.2) is 67.8 Å². The summed E-state index contributed by atoms with van der Waals surface area (Å²) < 4.78 is 22.8. The summed E-state index contributed by atoms with van der Waals surface area (Å²) in [6.45, 7) is 3.79. The average Bonchev–Trinajstić information content (AvgIpc) is 2.67. The van der Waals surface area contributed by atoms with Crippen molar-refractivity contribution in [3.63, 3.8) is 0 Å². The van der Waals surface area contributed by atoms with E-state index in [1.54, 1.807) is 0 Å². The first-order valence-corrected chi connectivity index (χ1v) is 8.64. The van der Waals surface area contributed by atoms with Crippen molar-refractivity contribution in [2.24, 2.45) is 11.7 Å². The molecule has 3 N–H and O–H groups in total. The lowest BCUT2D eigenvalue weighted by atomic mass is 10.1. The molecule has 6 nitrogen and oxygen atoms in total. The number of alkyl halides is 1. The first-order valence-electron chi connectivity index (χ1n) is 6.38. The van der Waals surface area contributed by atoms with E-state index in [1.165, 1.54) is 0 Å². The summed E-state index contributed by atoms with van der Waals surface area (Å²) >= 11 is 5.94. The molecule has 2 aliphatic heterocycles. The highest BCUT2D eigenvalue weighted by atomic mass is 35.5. The van der Waals surface area contributed by atoms with Crippen LogP contribution >= 0.6 is 11.6 Å². The SMILES string of the molecule is CC1CN(CC(=O)NC2CS(=O)(=O)CC2Cl)CC1N. The molecule has 4 unspecified atom stereocenters. The molecule has 2 aliphatic rings. The average molecular weight is 310 g/mol. The molecule has 0 aliphatic carbocycles.